The molecule has 9 heteroatoms. The molecule has 0 unspecified atom stereocenters. The number of imidazole rings is 1. The molecule has 1 aliphatic heterocycles. The molecular formula is C17H15N7O2. The molecule has 0 bridgehead atoms. The molecule has 0 amide bonds. The van der Waals surface area contributed by atoms with Gasteiger partial charge in [0.05, 0.1) is 35.1 Å². The zero-order valence-electron chi connectivity index (χ0n) is 14.2. The predicted molar refractivity (Wildman–Crippen MR) is 90.0 cm³/mol. The number of aliphatic hydroxyl groups excluding tert-OH is 1. The molecule has 9 nitrogen and oxygen atoms in total. The molecule has 0 aliphatic carbocycles. The van der Waals surface area contributed by atoms with Gasteiger partial charge in [-0.25, -0.2) is 9.67 Å². The van der Waals surface area contributed by atoms with Gasteiger partial charge in [0.1, 0.15) is 6.33 Å². The predicted octanol–water partition coefficient (Wildman–Crippen LogP) is 1.52. The lowest BCUT2D eigenvalue weighted by molar-refractivity contribution is 0.282. The van der Waals surface area contributed by atoms with Crippen molar-refractivity contribution in [2.24, 2.45) is 0 Å². The Kier molecular flexibility index (Phi) is 3.07. The average Bonchev–Trinajstić information content (AvgIpc) is 3.33. The van der Waals surface area contributed by atoms with Gasteiger partial charge in [0.2, 0.25) is 0 Å². The minimum absolute atomic E-state index is 0.0421. The van der Waals surface area contributed by atoms with Gasteiger partial charge in [0.15, 0.2) is 11.5 Å². The van der Waals surface area contributed by atoms with E-state index in [9.17, 15) is 5.11 Å². The van der Waals surface area contributed by atoms with E-state index in [0.717, 1.165) is 34.0 Å². The van der Waals surface area contributed by atoms with Crippen molar-refractivity contribution in [1.82, 2.24) is 34.7 Å². The van der Waals surface area contributed by atoms with Crippen LogP contribution in [-0.2, 0) is 13.0 Å². The number of benzene rings is 1. The maximum atomic E-state index is 9.52. The topological polar surface area (TPSA) is 108 Å². The Balaban J connectivity index is 1.81. The van der Waals surface area contributed by atoms with Crippen LogP contribution < -0.4 is 0 Å². The molecule has 4 heterocycles. The van der Waals surface area contributed by atoms with Gasteiger partial charge in [0, 0.05) is 6.42 Å². The summed E-state index contributed by atoms with van der Waals surface area (Å²) in [6.45, 7) is 3.66. The highest BCUT2D eigenvalue weighted by Crippen LogP contribution is 2.33. The first-order chi connectivity index (χ1) is 12.7. The Hall–Kier alpha value is -3.33. The lowest BCUT2D eigenvalue weighted by Crippen LogP contribution is -2.04. The van der Waals surface area contributed by atoms with Gasteiger partial charge in [0.25, 0.3) is 5.89 Å². The highest BCUT2D eigenvalue weighted by molar-refractivity contribution is 5.62. The van der Waals surface area contributed by atoms with E-state index in [4.69, 9.17) is 4.52 Å². The second-order valence-corrected chi connectivity index (χ2v) is 6.25. The summed E-state index contributed by atoms with van der Waals surface area (Å²) in [5, 5.41) is 21.9. The second-order valence-electron chi connectivity index (χ2n) is 6.25. The average molecular weight is 349 g/mol. The maximum absolute atomic E-state index is 9.52. The summed E-state index contributed by atoms with van der Waals surface area (Å²) in [4.78, 5) is 8.84. The first-order valence-corrected chi connectivity index (χ1v) is 8.18. The lowest BCUT2D eigenvalue weighted by Gasteiger charge is -2.11. The zero-order valence-corrected chi connectivity index (χ0v) is 14.2. The highest BCUT2D eigenvalue weighted by atomic mass is 16.5. The van der Waals surface area contributed by atoms with Gasteiger partial charge in [-0.1, -0.05) is 16.4 Å². The molecule has 1 aromatic carbocycles. The van der Waals surface area contributed by atoms with E-state index in [0.29, 0.717) is 23.8 Å². The summed E-state index contributed by atoms with van der Waals surface area (Å²) in [6, 6.07) is 5.74. The van der Waals surface area contributed by atoms with Crippen LogP contribution in [0.5, 0.6) is 0 Å². The van der Waals surface area contributed by atoms with E-state index in [1.165, 1.54) is 0 Å². The number of rotatable bonds is 2. The van der Waals surface area contributed by atoms with Crippen LogP contribution in [-0.4, -0.2) is 39.8 Å². The summed E-state index contributed by atoms with van der Waals surface area (Å²) in [5.74, 6) is 0.953. The summed E-state index contributed by atoms with van der Waals surface area (Å²) >= 11 is 0. The molecule has 26 heavy (non-hydrogen) atoms. The summed E-state index contributed by atoms with van der Waals surface area (Å²) < 4.78 is 9.15. The van der Waals surface area contributed by atoms with Crippen molar-refractivity contribution in [2.45, 2.75) is 26.9 Å². The Morgan fingerprint density at radius 2 is 2.08 bits per heavy atom. The number of fused-ring (bicyclic) bond motifs is 5. The summed E-state index contributed by atoms with van der Waals surface area (Å²) in [6.07, 6.45) is 2.32. The fourth-order valence-electron chi connectivity index (χ4n) is 3.29. The standard InChI is InChI=1S/C17H15N7O2/c1-9-13-6-15-16(17-19-10(2)21-26-17)18-8-23(15)12-4-3-11(7-25)5-14(12)24(13)22-20-9/h3-5,8,25H,6-7H2,1-2H3. The third-order valence-electron chi connectivity index (χ3n) is 4.60. The van der Waals surface area contributed by atoms with Crippen LogP contribution in [0.4, 0.5) is 0 Å². The van der Waals surface area contributed by atoms with Crippen LogP contribution in [0.15, 0.2) is 29.0 Å². The van der Waals surface area contributed by atoms with E-state index >= 15 is 0 Å². The van der Waals surface area contributed by atoms with Crippen LogP contribution >= 0.6 is 0 Å². The van der Waals surface area contributed by atoms with Crippen molar-refractivity contribution >= 4 is 0 Å². The number of hydrogen-bond donors (Lipinski definition) is 1. The number of nitrogens with zero attached hydrogens (tertiary/aromatic N) is 7. The smallest absolute Gasteiger partial charge is 0.278 e. The van der Waals surface area contributed by atoms with Crippen molar-refractivity contribution in [2.75, 3.05) is 0 Å². The Morgan fingerprint density at radius 3 is 2.85 bits per heavy atom. The van der Waals surface area contributed by atoms with Crippen molar-refractivity contribution < 1.29 is 9.63 Å². The largest absolute Gasteiger partial charge is 0.392 e. The molecule has 3 aromatic heterocycles. The highest BCUT2D eigenvalue weighted by Gasteiger charge is 2.27. The Morgan fingerprint density at radius 1 is 1.19 bits per heavy atom. The molecule has 0 fully saturated rings. The van der Waals surface area contributed by atoms with Crippen LogP contribution in [0.1, 0.15) is 28.5 Å². The number of aliphatic hydroxyl groups is 1. The molecular weight excluding hydrogens is 334 g/mol. The first-order valence-electron chi connectivity index (χ1n) is 8.18. The van der Waals surface area contributed by atoms with E-state index < -0.39 is 0 Å². The van der Waals surface area contributed by atoms with Crippen molar-refractivity contribution in [3.8, 4) is 23.0 Å². The summed E-state index contributed by atoms with van der Waals surface area (Å²) in [5.41, 5.74) is 5.92. The zero-order chi connectivity index (χ0) is 17.8. The molecule has 0 radical (unpaired) electrons. The van der Waals surface area contributed by atoms with E-state index in [1.807, 2.05) is 34.4 Å². The van der Waals surface area contributed by atoms with Gasteiger partial charge in [-0.2, -0.15) is 4.98 Å². The number of aromatic nitrogens is 7. The van der Waals surface area contributed by atoms with Crippen LogP contribution in [0.3, 0.4) is 0 Å². The number of hydrogen-bond acceptors (Lipinski definition) is 7. The molecule has 0 spiro atoms. The fraction of sp³-hybridized carbons (Fsp3) is 0.235. The molecule has 1 aliphatic rings. The Labute approximate surface area is 147 Å². The SMILES string of the molecule is Cc1noc(-c2ncn3c2Cc2c(C)nnn2-c2cc(CO)ccc2-3)n1. The molecule has 0 atom stereocenters. The van der Waals surface area contributed by atoms with Gasteiger partial charge in [-0.3, -0.25) is 4.57 Å². The van der Waals surface area contributed by atoms with E-state index in [2.05, 4.69) is 25.4 Å². The fourth-order valence-corrected chi connectivity index (χ4v) is 3.29. The summed E-state index contributed by atoms with van der Waals surface area (Å²) in [7, 11) is 0. The van der Waals surface area contributed by atoms with Gasteiger partial charge in [-0.15, -0.1) is 5.10 Å². The normalized spacial score (nSPS) is 12.4. The minimum atomic E-state index is -0.0421. The van der Waals surface area contributed by atoms with Crippen LogP contribution in [0, 0.1) is 13.8 Å². The third-order valence-corrected chi connectivity index (χ3v) is 4.60. The molecule has 0 saturated heterocycles. The second kappa shape index (κ2) is 5.33. The van der Waals surface area contributed by atoms with Gasteiger partial charge >= 0.3 is 0 Å². The van der Waals surface area contributed by atoms with Crippen molar-refractivity contribution in [1.29, 1.82) is 0 Å². The minimum Gasteiger partial charge on any atom is -0.392 e. The van der Waals surface area contributed by atoms with Crippen LogP contribution in [0.2, 0.25) is 0 Å². The molecule has 0 saturated carbocycles. The lowest BCUT2D eigenvalue weighted by atomic mass is 10.1. The maximum Gasteiger partial charge on any atom is 0.278 e. The van der Waals surface area contributed by atoms with Crippen molar-refractivity contribution in [3.63, 3.8) is 0 Å². The van der Waals surface area contributed by atoms with E-state index in [1.54, 1.807) is 13.3 Å². The van der Waals surface area contributed by atoms with Crippen molar-refractivity contribution in [3.05, 3.63) is 53.0 Å². The molecule has 5 rings (SSSR count). The monoisotopic (exact) mass is 349 g/mol. The van der Waals surface area contributed by atoms with Gasteiger partial charge < -0.3 is 9.63 Å². The van der Waals surface area contributed by atoms with E-state index in [-0.39, 0.29) is 6.61 Å². The molecule has 130 valence electrons. The quantitative estimate of drug-likeness (QED) is 0.515. The molecule has 1 N–H and O–H groups in total. The Bertz CT molecular complexity index is 1140. The first kappa shape index (κ1) is 15.0. The van der Waals surface area contributed by atoms with Crippen LogP contribution in [0.25, 0.3) is 23.0 Å². The third kappa shape index (κ3) is 2.04. The number of aryl methyl sites for hydroxylation is 2. The molecule has 4 aromatic rings. The van der Waals surface area contributed by atoms with Gasteiger partial charge in [-0.05, 0) is 31.5 Å².